The number of hydrogen-bond acceptors (Lipinski definition) is 19. The molecule has 77 heavy (non-hydrogen) atoms. The molecule has 0 bridgehead atoms. The van der Waals surface area contributed by atoms with Crippen molar-refractivity contribution in [3.8, 4) is 0 Å². The molecule has 2 aromatic carbocycles. The largest absolute Gasteiger partial charge is 0.454 e. The summed E-state index contributed by atoms with van der Waals surface area (Å²) >= 11 is 0. The van der Waals surface area contributed by atoms with E-state index in [0.717, 1.165) is 24.6 Å². The minimum Gasteiger partial charge on any atom is -0.454 e. The number of aliphatic hydroxyl groups is 3. The number of hydrogen-bond donors (Lipinski definition) is 4. The van der Waals surface area contributed by atoms with Crippen molar-refractivity contribution < 1.29 is 77.2 Å². The lowest BCUT2D eigenvalue weighted by atomic mass is 9.30. The van der Waals surface area contributed by atoms with Crippen LogP contribution in [0.1, 0.15) is 116 Å². The number of amides is 1. The zero-order valence-electron chi connectivity index (χ0n) is 44.9. The third-order valence-electron chi connectivity index (χ3n) is 16.7. The van der Waals surface area contributed by atoms with Gasteiger partial charge in [0.25, 0.3) is 5.91 Å². The van der Waals surface area contributed by atoms with Crippen molar-refractivity contribution in [1.29, 1.82) is 0 Å². The van der Waals surface area contributed by atoms with Gasteiger partial charge in [-0.05, 0) is 113 Å². The summed E-state index contributed by atoms with van der Waals surface area (Å²) in [7, 11) is 3.23. The number of carbonyl (C=O) groups is 6. The lowest BCUT2D eigenvalue weighted by Gasteiger charge is -2.78. The molecule has 3 aromatic rings. The summed E-state index contributed by atoms with van der Waals surface area (Å²) in [6, 6.07) is 21.0. The minimum absolute atomic E-state index is 0.0381. The molecule has 12 atom stereocenters. The highest BCUT2D eigenvalue weighted by Crippen LogP contribution is 2.78. The number of fused-ring (bicyclic) bond motifs is 3. The lowest BCUT2D eigenvalue weighted by Crippen LogP contribution is -2.90. The fourth-order valence-corrected chi connectivity index (χ4v) is 14.1. The van der Waals surface area contributed by atoms with Gasteiger partial charge in [-0.2, -0.15) is 0 Å². The van der Waals surface area contributed by atoms with Crippen molar-refractivity contribution >= 4 is 57.2 Å². The van der Waals surface area contributed by atoms with Crippen LogP contribution >= 0.6 is 21.6 Å². The fourth-order valence-electron chi connectivity index (χ4n) is 12.4. The zero-order chi connectivity index (χ0) is 55.9. The van der Waals surface area contributed by atoms with E-state index >= 15 is 9.59 Å². The first kappa shape index (κ1) is 58.0. The third kappa shape index (κ3) is 10.6. The van der Waals surface area contributed by atoms with Gasteiger partial charge in [0.15, 0.2) is 17.5 Å². The summed E-state index contributed by atoms with van der Waals surface area (Å²) in [5.74, 6) is -5.85. The number of ether oxygens (including phenoxy) is 7. The second kappa shape index (κ2) is 22.2. The van der Waals surface area contributed by atoms with Crippen LogP contribution in [0.4, 0.5) is 0 Å². The van der Waals surface area contributed by atoms with Crippen LogP contribution < -0.4 is 5.32 Å². The molecule has 3 saturated carbocycles. The second-order valence-electron chi connectivity index (χ2n) is 22.3. The maximum absolute atomic E-state index is 15.4. The zero-order valence-corrected chi connectivity index (χ0v) is 46.5. The third-order valence-corrected chi connectivity index (χ3v) is 18.9. The Morgan fingerprint density at radius 2 is 1.52 bits per heavy atom. The Hall–Kier alpha value is -5.19. The molecule has 1 aliphatic heterocycles. The molecule has 18 nitrogen and oxygen atoms in total. The molecule has 0 radical (unpaired) electrons. The monoisotopic (exact) mass is 1100 g/mol. The van der Waals surface area contributed by atoms with E-state index in [2.05, 4.69) is 10.3 Å². The van der Waals surface area contributed by atoms with Crippen LogP contribution in [0.5, 0.6) is 0 Å². The summed E-state index contributed by atoms with van der Waals surface area (Å²) in [4.78, 5) is 89.0. The van der Waals surface area contributed by atoms with Gasteiger partial charge >= 0.3 is 23.9 Å². The highest BCUT2D eigenvalue weighted by molar-refractivity contribution is 8.76. The number of rotatable bonds is 22. The van der Waals surface area contributed by atoms with Gasteiger partial charge in [0, 0.05) is 56.5 Å². The van der Waals surface area contributed by atoms with E-state index in [4.69, 9.17) is 33.2 Å². The van der Waals surface area contributed by atoms with E-state index in [1.807, 2.05) is 45.9 Å². The maximum atomic E-state index is 15.4. The standard InChI is InChI=1S/C57H70N2O16S2/c1-33-42-44(72-34(2)60)47(64)53(8)38(62)30-39-55(32-69-39,74-35(3)61)46(53)48(65)56(68)31-57(33,54(42,56)9)75-50(67)45(43(36-18-12-10-13-19-36)59-49(66)37-20-14-11-15-21-37)73-41(63)23-24-51(4,5)70-27-25-52(6,7)71-28-29-76-77-40-22-16-17-26-58-40/h10-22,26,38-39,43-46,48,62,65,68H,23-25,27-32H2,1-9H3,(H,59,66)/t38?,39?,43-,44?,45+,46-,48-,53?,54?,55-,56?,57+/m0/s1. The molecule has 20 heteroatoms. The Morgan fingerprint density at radius 3 is 2.14 bits per heavy atom. The van der Waals surface area contributed by atoms with E-state index in [0.29, 0.717) is 25.2 Å². The smallest absolute Gasteiger partial charge is 0.350 e. The van der Waals surface area contributed by atoms with Gasteiger partial charge in [0.2, 0.25) is 6.10 Å². The summed E-state index contributed by atoms with van der Waals surface area (Å²) in [6.07, 6.45) is -6.59. The minimum atomic E-state index is -2.31. The van der Waals surface area contributed by atoms with Crippen LogP contribution in [0.3, 0.4) is 0 Å². The first-order valence-corrected chi connectivity index (χ1v) is 28.2. The first-order chi connectivity index (χ1) is 36.3. The second-order valence-corrected chi connectivity index (χ2v) is 24.8. The molecular weight excluding hydrogens is 1030 g/mol. The quantitative estimate of drug-likeness (QED) is 0.0280. The Kier molecular flexibility index (Phi) is 16.7. The van der Waals surface area contributed by atoms with Crippen molar-refractivity contribution in [2.24, 2.45) is 16.7 Å². The van der Waals surface area contributed by atoms with E-state index < -0.39 is 123 Å². The fraction of sp³-hybridized carbons (Fsp3) is 0.561. The maximum Gasteiger partial charge on any atom is 0.350 e. The molecule has 0 spiro atoms. The Morgan fingerprint density at radius 1 is 0.870 bits per heavy atom. The van der Waals surface area contributed by atoms with Crippen molar-refractivity contribution in [2.45, 2.75) is 164 Å². The number of aromatic nitrogens is 1. The number of nitrogens with one attached hydrogen (secondary N) is 1. The molecule has 4 N–H and O–H groups in total. The summed E-state index contributed by atoms with van der Waals surface area (Å²) < 4.78 is 42.7. The SMILES string of the molecule is CC(=O)OC1C(=O)C2(C)C(O)CC3OC[C@@]3(OC(C)=O)[C@H]2[C@H](O)C2(O)C[C@@]3(OC(=O)[C@H](OC(=O)CCC(C)(C)OCCC(C)(C)OCCSSc4ccccn4)[C@@H](NC(=O)c4ccccc4)c4ccccc4)C(C)=C1C23C. The number of esters is 4. The van der Waals surface area contributed by atoms with Crippen LogP contribution in [0.25, 0.3) is 0 Å². The van der Waals surface area contributed by atoms with E-state index in [1.165, 1.54) is 13.8 Å². The molecule has 1 amide bonds. The molecule has 2 heterocycles. The molecule has 1 saturated heterocycles. The van der Waals surface area contributed by atoms with E-state index in [9.17, 15) is 34.5 Å². The molecule has 416 valence electrons. The molecule has 6 unspecified atom stereocenters. The topological polar surface area (TPSA) is 253 Å². The summed E-state index contributed by atoms with van der Waals surface area (Å²) in [6.45, 7) is 14.8. The molecule has 8 rings (SSSR count). The number of pyridine rings is 1. The van der Waals surface area contributed by atoms with Crippen LogP contribution in [0.15, 0.2) is 101 Å². The summed E-state index contributed by atoms with van der Waals surface area (Å²) in [5.41, 5.74) is -10.3. The van der Waals surface area contributed by atoms with Gasteiger partial charge in [-0.1, -0.05) is 65.4 Å². The number of carbonyl (C=O) groups excluding carboxylic acids is 6. The first-order valence-electron chi connectivity index (χ1n) is 25.9. The average molecular weight is 1100 g/mol. The van der Waals surface area contributed by atoms with Crippen LogP contribution in [-0.4, -0.2) is 140 Å². The van der Waals surface area contributed by atoms with Crippen molar-refractivity contribution in [2.75, 3.05) is 25.6 Å². The molecule has 4 aliphatic carbocycles. The number of Topliss-reactive ketones (excluding diaryl/α,β-unsaturated/α-hetero) is 1. The lowest BCUT2D eigenvalue weighted by molar-refractivity contribution is -0.377. The average Bonchev–Trinajstić information content (AvgIpc) is 2.60. The predicted octanol–water partition coefficient (Wildman–Crippen LogP) is 6.38. The highest BCUT2D eigenvalue weighted by atomic mass is 33.1. The van der Waals surface area contributed by atoms with Crippen LogP contribution in [-0.2, 0) is 57.1 Å². The van der Waals surface area contributed by atoms with E-state index in [-0.39, 0.29) is 42.6 Å². The van der Waals surface area contributed by atoms with Gasteiger partial charge in [0.1, 0.15) is 28.4 Å². The predicted molar refractivity (Wildman–Crippen MR) is 282 cm³/mol. The van der Waals surface area contributed by atoms with Crippen molar-refractivity contribution in [3.63, 3.8) is 0 Å². The van der Waals surface area contributed by atoms with Crippen LogP contribution in [0, 0.1) is 16.7 Å². The van der Waals surface area contributed by atoms with Crippen LogP contribution in [0.2, 0.25) is 0 Å². The number of ketones is 1. The Bertz CT molecular complexity index is 2750. The molecule has 4 fully saturated rings. The Labute approximate surface area is 456 Å². The van der Waals surface area contributed by atoms with E-state index in [1.54, 1.807) is 95.4 Å². The highest BCUT2D eigenvalue weighted by Gasteiger charge is 2.89. The van der Waals surface area contributed by atoms with Crippen molar-refractivity contribution in [3.05, 3.63) is 107 Å². The van der Waals surface area contributed by atoms with Gasteiger partial charge < -0.3 is 53.8 Å². The number of aliphatic hydroxyl groups excluding tert-OH is 2. The normalized spacial score (nSPS) is 30.9. The molecular formula is C57H70N2O16S2. The van der Waals surface area contributed by atoms with Crippen molar-refractivity contribution in [1.82, 2.24) is 10.3 Å². The number of nitrogens with zero attached hydrogens (tertiary/aromatic N) is 1. The Balaban J connectivity index is 1.06. The number of benzene rings is 2. The molecule has 1 aromatic heterocycles. The van der Waals surface area contributed by atoms with Gasteiger partial charge in [-0.3, -0.25) is 24.0 Å². The van der Waals surface area contributed by atoms with Gasteiger partial charge in [-0.15, -0.1) is 0 Å². The van der Waals surface area contributed by atoms with Gasteiger partial charge in [0.05, 0.1) is 54.1 Å². The van der Waals surface area contributed by atoms with Gasteiger partial charge in [-0.25, -0.2) is 9.78 Å². The molecule has 5 aliphatic rings. The summed E-state index contributed by atoms with van der Waals surface area (Å²) in [5, 5.41) is 41.5.